The van der Waals surface area contributed by atoms with Gasteiger partial charge in [-0.05, 0) is 12.3 Å². The molecule has 0 aromatic carbocycles. The second kappa shape index (κ2) is 9.05. The van der Waals surface area contributed by atoms with Gasteiger partial charge in [-0.2, -0.15) is 0 Å². The maximum absolute atomic E-state index is 8.93. The lowest BCUT2D eigenvalue weighted by molar-refractivity contribution is 0.211. The monoisotopic (exact) mass is 172 g/mol. The molecule has 0 aromatic rings. The average Bonchev–Trinajstić information content (AvgIpc) is 2.11. The standard InChI is InChI=1S/C11H24O/c1-3-5-6-7-8-9-11(4-2)10-12/h11-12H,3-10H2,1-2H3. The molecule has 0 aliphatic rings. The van der Waals surface area contributed by atoms with Gasteiger partial charge in [0.05, 0.1) is 0 Å². The van der Waals surface area contributed by atoms with Crippen LogP contribution < -0.4 is 0 Å². The summed E-state index contributed by atoms with van der Waals surface area (Å²) < 4.78 is 0. The Kier molecular flexibility index (Phi) is 9.02. The van der Waals surface area contributed by atoms with Crippen LogP contribution in [0.25, 0.3) is 0 Å². The van der Waals surface area contributed by atoms with E-state index in [1.54, 1.807) is 0 Å². The van der Waals surface area contributed by atoms with Crippen molar-refractivity contribution >= 4 is 0 Å². The van der Waals surface area contributed by atoms with Gasteiger partial charge in [0.1, 0.15) is 0 Å². The highest BCUT2D eigenvalue weighted by Crippen LogP contribution is 2.13. The van der Waals surface area contributed by atoms with E-state index in [-0.39, 0.29) is 0 Å². The molecule has 0 radical (unpaired) electrons. The van der Waals surface area contributed by atoms with Gasteiger partial charge in [0, 0.05) is 6.61 Å². The molecule has 74 valence electrons. The van der Waals surface area contributed by atoms with Crippen molar-refractivity contribution in [1.82, 2.24) is 0 Å². The van der Waals surface area contributed by atoms with E-state index in [1.165, 1.54) is 38.5 Å². The highest BCUT2D eigenvalue weighted by molar-refractivity contribution is 4.55. The van der Waals surface area contributed by atoms with Gasteiger partial charge in [0.15, 0.2) is 0 Å². The lowest BCUT2D eigenvalue weighted by Crippen LogP contribution is -2.03. The van der Waals surface area contributed by atoms with Crippen LogP contribution in [-0.2, 0) is 0 Å². The van der Waals surface area contributed by atoms with E-state index >= 15 is 0 Å². The van der Waals surface area contributed by atoms with Gasteiger partial charge in [-0.25, -0.2) is 0 Å². The molecule has 0 spiro atoms. The molecule has 12 heavy (non-hydrogen) atoms. The second-order valence-corrected chi connectivity index (χ2v) is 3.66. The predicted octanol–water partition coefficient (Wildman–Crippen LogP) is 3.37. The van der Waals surface area contributed by atoms with Crippen molar-refractivity contribution in [3.8, 4) is 0 Å². The summed E-state index contributed by atoms with van der Waals surface area (Å²) in [5, 5.41) is 8.93. The van der Waals surface area contributed by atoms with E-state index < -0.39 is 0 Å². The van der Waals surface area contributed by atoms with Crippen LogP contribution in [0.15, 0.2) is 0 Å². The fourth-order valence-corrected chi connectivity index (χ4v) is 1.46. The van der Waals surface area contributed by atoms with Crippen LogP contribution in [0.1, 0.15) is 58.8 Å². The molecule has 0 saturated carbocycles. The first-order chi connectivity index (χ1) is 5.85. The van der Waals surface area contributed by atoms with E-state index in [4.69, 9.17) is 5.11 Å². The van der Waals surface area contributed by atoms with Crippen molar-refractivity contribution in [2.24, 2.45) is 5.92 Å². The fraction of sp³-hybridized carbons (Fsp3) is 1.00. The van der Waals surface area contributed by atoms with Gasteiger partial charge >= 0.3 is 0 Å². The molecular formula is C11H24O. The molecule has 0 saturated heterocycles. The number of hydrogen-bond donors (Lipinski definition) is 1. The zero-order valence-corrected chi connectivity index (χ0v) is 8.68. The summed E-state index contributed by atoms with van der Waals surface area (Å²) in [5.74, 6) is 0.562. The number of aliphatic hydroxyl groups excluding tert-OH is 1. The minimum Gasteiger partial charge on any atom is -0.396 e. The first-order valence-corrected chi connectivity index (χ1v) is 5.46. The lowest BCUT2D eigenvalue weighted by atomic mass is 9.99. The quantitative estimate of drug-likeness (QED) is 0.557. The third-order valence-corrected chi connectivity index (χ3v) is 2.55. The van der Waals surface area contributed by atoms with Crippen LogP contribution in [0.3, 0.4) is 0 Å². The molecule has 0 aromatic heterocycles. The van der Waals surface area contributed by atoms with E-state index in [2.05, 4.69) is 13.8 Å². The van der Waals surface area contributed by atoms with Crippen molar-refractivity contribution in [2.45, 2.75) is 58.8 Å². The summed E-state index contributed by atoms with van der Waals surface area (Å²) >= 11 is 0. The molecule has 1 unspecified atom stereocenters. The van der Waals surface area contributed by atoms with Crippen molar-refractivity contribution in [1.29, 1.82) is 0 Å². The number of unbranched alkanes of at least 4 members (excludes halogenated alkanes) is 4. The number of hydrogen-bond acceptors (Lipinski definition) is 1. The van der Waals surface area contributed by atoms with Gasteiger partial charge < -0.3 is 5.11 Å². The van der Waals surface area contributed by atoms with Gasteiger partial charge in [-0.15, -0.1) is 0 Å². The van der Waals surface area contributed by atoms with Crippen molar-refractivity contribution < 1.29 is 5.11 Å². The van der Waals surface area contributed by atoms with Crippen LogP contribution >= 0.6 is 0 Å². The van der Waals surface area contributed by atoms with E-state index in [0.29, 0.717) is 12.5 Å². The third kappa shape index (κ3) is 6.66. The zero-order valence-electron chi connectivity index (χ0n) is 8.68. The maximum atomic E-state index is 8.93. The molecule has 1 heteroatoms. The molecule has 0 aliphatic carbocycles. The molecule has 1 nitrogen and oxygen atoms in total. The minimum atomic E-state index is 0.379. The highest BCUT2D eigenvalue weighted by Gasteiger charge is 2.02. The Labute approximate surface area is 77.2 Å². The minimum absolute atomic E-state index is 0.379. The van der Waals surface area contributed by atoms with Gasteiger partial charge in [-0.1, -0.05) is 52.4 Å². The molecule has 0 fully saturated rings. The van der Waals surface area contributed by atoms with Crippen LogP contribution in [0.4, 0.5) is 0 Å². The van der Waals surface area contributed by atoms with Gasteiger partial charge in [0.2, 0.25) is 0 Å². The SMILES string of the molecule is CCCCCCCC(CC)CO. The predicted molar refractivity (Wildman–Crippen MR) is 54.2 cm³/mol. The highest BCUT2D eigenvalue weighted by atomic mass is 16.3. The Morgan fingerprint density at radius 3 is 2.17 bits per heavy atom. The molecule has 0 heterocycles. The summed E-state index contributed by atoms with van der Waals surface area (Å²) in [5.41, 5.74) is 0. The second-order valence-electron chi connectivity index (χ2n) is 3.66. The Bertz CT molecular complexity index is 77.1. The lowest BCUT2D eigenvalue weighted by Gasteiger charge is -2.10. The van der Waals surface area contributed by atoms with Crippen molar-refractivity contribution in [2.75, 3.05) is 6.61 Å². The summed E-state index contributed by atoms with van der Waals surface area (Å²) in [7, 11) is 0. The van der Waals surface area contributed by atoms with E-state index in [1.807, 2.05) is 0 Å². The molecule has 1 atom stereocenters. The molecule has 0 aliphatic heterocycles. The average molecular weight is 172 g/mol. The molecule has 0 rings (SSSR count). The fourth-order valence-electron chi connectivity index (χ4n) is 1.46. The Morgan fingerprint density at radius 2 is 1.67 bits per heavy atom. The summed E-state index contributed by atoms with van der Waals surface area (Å²) in [4.78, 5) is 0. The normalized spacial score (nSPS) is 13.2. The molecule has 0 amide bonds. The number of aliphatic hydroxyl groups is 1. The Hall–Kier alpha value is -0.0400. The van der Waals surface area contributed by atoms with Gasteiger partial charge in [-0.3, -0.25) is 0 Å². The van der Waals surface area contributed by atoms with Crippen LogP contribution in [0.2, 0.25) is 0 Å². The smallest absolute Gasteiger partial charge is 0.0459 e. The third-order valence-electron chi connectivity index (χ3n) is 2.55. The van der Waals surface area contributed by atoms with Crippen LogP contribution in [0, 0.1) is 5.92 Å². The first-order valence-electron chi connectivity index (χ1n) is 5.46. The topological polar surface area (TPSA) is 20.2 Å². The van der Waals surface area contributed by atoms with Gasteiger partial charge in [0.25, 0.3) is 0 Å². The summed E-state index contributed by atoms with van der Waals surface area (Å²) in [6.45, 7) is 4.78. The Balaban J connectivity index is 3.06. The summed E-state index contributed by atoms with van der Waals surface area (Å²) in [6.07, 6.45) is 9.07. The molecular weight excluding hydrogens is 148 g/mol. The van der Waals surface area contributed by atoms with Crippen molar-refractivity contribution in [3.05, 3.63) is 0 Å². The van der Waals surface area contributed by atoms with Crippen molar-refractivity contribution in [3.63, 3.8) is 0 Å². The zero-order chi connectivity index (χ0) is 9.23. The summed E-state index contributed by atoms with van der Waals surface area (Å²) in [6, 6.07) is 0. The Morgan fingerprint density at radius 1 is 1.00 bits per heavy atom. The van der Waals surface area contributed by atoms with E-state index in [0.717, 1.165) is 6.42 Å². The molecule has 0 bridgehead atoms. The van der Waals surface area contributed by atoms with E-state index in [9.17, 15) is 0 Å². The van der Waals surface area contributed by atoms with Crippen LogP contribution in [-0.4, -0.2) is 11.7 Å². The van der Waals surface area contributed by atoms with Crippen LogP contribution in [0.5, 0.6) is 0 Å². The number of rotatable bonds is 8. The first kappa shape index (κ1) is 12.0. The largest absolute Gasteiger partial charge is 0.396 e. The molecule has 1 N–H and O–H groups in total. The maximum Gasteiger partial charge on any atom is 0.0459 e.